The molecule has 0 saturated carbocycles. The lowest BCUT2D eigenvalue weighted by molar-refractivity contribution is -0.143. The average molecular weight is 474 g/mol. The molecule has 0 heterocycles. The van der Waals surface area contributed by atoms with Crippen molar-refractivity contribution >= 4 is 23.9 Å². The van der Waals surface area contributed by atoms with Crippen LogP contribution in [0.5, 0.6) is 0 Å². The summed E-state index contributed by atoms with van der Waals surface area (Å²) in [6, 6.07) is 5.34. The molecule has 0 saturated heterocycles. The third-order valence-electron chi connectivity index (χ3n) is 4.77. The first-order valence-corrected chi connectivity index (χ1v) is 11.1. The van der Waals surface area contributed by atoms with E-state index in [0.29, 0.717) is 5.56 Å². The fourth-order valence-electron chi connectivity index (χ4n) is 2.99. The van der Waals surface area contributed by atoms with E-state index in [1.807, 2.05) is 19.9 Å². The number of benzene rings is 1. The van der Waals surface area contributed by atoms with Gasteiger partial charge in [0.15, 0.2) is 0 Å². The van der Waals surface area contributed by atoms with E-state index in [0.717, 1.165) is 16.0 Å². The summed E-state index contributed by atoms with van der Waals surface area (Å²) >= 11 is 0. The monoisotopic (exact) mass is 473 g/mol. The van der Waals surface area contributed by atoms with E-state index in [9.17, 15) is 19.2 Å². The largest absolute Gasteiger partial charge is 0.466 e. The number of amides is 3. The van der Waals surface area contributed by atoms with E-state index in [1.165, 1.54) is 6.92 Å². The molecule has 3 amide bonds. The van der Waals surface area contributed by atoms with Crippen LogP contribution in [-0.2, 0) is 23.9 Å². The van der Waals surface area contributed by atoms with Gasteiger partial charge in [0.2, 0.25) is 5.91 Å². The zero-order valence-corrected chi connectivity index (χ0v) is 21.0. The van der Waals surface area contributed by atoms with Crippen LogP contribution in [-0.4, -0.2) is 53.6 Å². The number of nitrogens with zero attached hydrogens (tertiary/aromatic N) is 1. The number of nitrogens with one attached hydrogen (secondary N) is 2. The van der Waals surface area contributed by atoms with Gasteiger partial charge in [0.1, 0.15) is 17.7 Å². The van der Waals surface area contributed by atoms with Crippen LogP contribution in [0, 0.1) is 26.3 Å². The summed E-state index contributed by atoms with van der Waals surface area (Å²) in [4.78, 5) is 51.0. The number of terminal acetylenes is 1. The van der Waals surface area contributed by atoms with Gasteiger partial charge in [-0.1, -0.05) is 24.6 Å². The molecule has 0 aromatic heterocycles. The molecule has 0 spiro atoms. The molecule has 2 N–H and O–H groups in total. The molecule has 0 aliphatic rings. The number of rotatable bonds is 9. The maximum Gasteiger partial charge on any atom is 0.408 e. The van der Waals surface area contributed by atoms with Crippen molar-refractivity contribution in [3.05, 3.63) is 34.9 Å². The van der Waals surface area contributed by atoms with Gasteiger partial charge in [0.25, 0.3) is 5.91 Å². The Morgan fingerprint density at radius 3 is 2.32 bits per heavy atom. The second-order valence-corrected chi connectivity index (χ2v) is 8.80. The third-order valence-corrected chi connectivity index (χ3v) is 4.77. The van der Waals surface area contributed by atoms with Crippen molar-refractivity contribution in [3.8, 4) is 12.5 Å². The maximum absolute atomic E-state index is 13.2. The highest BCUT2D eigenvalue weighted by atomic mass is 16.6. The highest BCUT2D eigenvalue weighted by Gasteiger charge is 2.34. The molecule has 0 fully saturated rings. The minimum absolute atomic E-state index is 0.0112. The third kappa shape index (κ3) is 8.77. The predicted molar refractivity (Wildman–Crippen MR) is 127 cm³/mol. The van der Waals surface area contributed by atoms with Crippen LogP contribution in [0.2, 0.25) is 0 Å². The standard InChI is InChI=1S/C25H35N3O6/c1-9-28(23(31)18(5)27-24(32)34-25(6,7)8)21(19-12-11-16(3)17(4)15-19)22(30)26-14-13-20(29)33-10-2/h1,11-12,15,18,21H,10,13-14H2,2-8H3,(H,26,30)(H,27,32). The number of ether oxygens (including phenoxy) is 2. The van der Waals surface area contributed by atoms with Gasteiger partial charge in [-0.3, -0.25) is 19.3 Å². The number of hydrogen-bond donors (Lipinski definition) is 2. The number of hydrogen-bond acceptors (Lipinski definition) is 6. The molecule has 9 nitrogen and oxygen atoms in total. The summed E-state index contributed by atoms with van der Waals surface area (Å²) in [6.07, 6.45) is 4.85. The molecule has 0 aliphatic heterocycles. The van der Waals surface area contributed by atoms with E-state index >= 15 is 0 Å². The van der Waals surface area contributed by atoms with Crippen LogP contribution in [0.4, 0.5) is 4.79 Å². The highest BCUT2D eigenvalue weighted by molar-refractivity contribution is 5.93. The van der Waals surface area contributed by atoms with Gasteiger partial charge in [0, 0.05) is 12.6 Å². The molecule has 34 heavy (non-hydrogen) atoms. The van der Waals surface area contributed by atoms with Gasteiger partial charge in [-0.05, 0) is 65.2 Å². The Hall–Kier alpha value is -3.54. The van der Waals surface area contributed by atoms with Crippen LogP contribution in [0.3, 0.4) is 0 Å². The van der Waals surface area contributed by atoms with E-state index in [-0.39, 0.29) is 19.6 Å². The van der Waals surface area contributed by atoms with E-state index in [2.05, 4.69) is 16.7 Å². The second-order valence-electron chi connectivity index (χ2n) is 8.80. The minimum atomic E-state index is -1.18. The molecule has 186 valence electrons. The van der Waals surface area contributed by atoms with Gasteiger partial charge in [0.05, 0.1) is 13.0 Å². The quantitative estimate of drug-likeness (QED) is 0.324. The Kier molecular flexibility index (Phi) is 10.6. The van der Waals surface area contributed by atoms with Gasteiger partial charge in [-0.25, -0.2) is 4.79 Å². The fourth-order valence-corrected chi connectivity index (χ4v) is 2.99. The van der Waals surface area contributed by atoms with Gasteiger partial charge >= 0.3 is 12.1 Å². The molecule has 0 bridgehead atoms. The van der Waals surface area contributed by atoms with Gasteiger partial charge in [-0.15, -0.1) is 0 Å². The molecule has 2 unspecified atom stereocenters. The minimum Gasteiger partial charge on any atom is -0.466 e. The molecule has 0 radical (unpaired) electrons. The van der Waals surface area contributed by atoms with Crippen LogP contribution < -0.4 is 10.6 Å². The number of carbonyl (C=O) groups is 4. The van der Waals surface area contributed by atoms with E-state index < -0.39 is 41.6 Å². The zero-order valence-electron chi connectivity index (χ0n) is 21.0. The molecule has 9 heteroatoms. The summed E-state index contributed by atoms with van der Waals surface area (Å²) in [5.41, 5.74) is 1.65. The Morgan fingerprint density at radius 2 is 1.79 bits per heavy atom. The van der Waals surface area contributed by atoms with Gasteiger partial charge < -0.3 is 20.1 Å². The molecular weight excluding hydrogens is 438 g/mol. The van der Waals surface area contributed by atoms with Gasteiger partial charge in [-0.2, -0.15) is 0 Å². The Morgan fingerprint density at radius 1 is 1.15 bits per heavy atom. The number of aryl methyl sites for hydroxylation is 2. The molecule has 1 rings (SSSR count). The first-order valence-electron chi connectivity index (χ1n) is 11.1. The van der Waals surface area contributed by atoms with Crippen LogP contribution >= 0.6 is 0 Å². The summed E-state index contributed by atoms with van der Waals surface area (Å²) in [7, 11) is 0. The number of carbonyl (C=O) groups excluding carboxylic acids is 4. The van der Waals surface area contributed by atoms with Crippen molar-refractivity contribution in [1.82, 2.24) is 15.5 Å². The summed E-state index contributed by atoms with van der Waals surface area (Å²) < 4.78 is 10.1. The molecule has 2 atom stereocenters. The second kappa shape index (κ2) is 12.6. The Bertz CT molecular complexity index is 945. The Labute approximate surface area is 201 Å². The summed E-state index contributed by atoms with van der Waals surface area (Å²) in [5, 5.41) is 5.09. The number of alkyl carbamates (subject to hydrolysis) is 1. The average Bonchev–Trinajstić information content (AvgIpc) is 2.72. The fraction of sp³-hybridized carbons (Fsp3) is 0.520. The van der Waals surface area contributed by atoms with Crippen molar-refractivity contribution in [2.75, 3.05) is 13.2 Å². The zero-order chi connectivity index (χ0) is 26.1. The lowest BCUT2D eigenvalue weighted by Crippen LogP contribution is -2.50. The SMILES string of the molecule is C#CN(C(=O)C(C)NC(=O)OC(C)(C)C)C(C(=O)NCCC(=O)OCC)c1ccc(C)c(C)c1. The van der Waals surface area contributed by atoms with Crippen molar-refractivity contribution in [2.45, 2.75) is 72.6 Å². The first kappa shape index (κ1) is 28.5. The van der Waals surface area contributed by atoms with Crippen LogP contribution in [0.1, 0.15) is 63.8 Å². The Balaban J connectivity index is 3.16. The highest BCUT2D eigenvalue weighted by Crippen LogP contribution is 2.24. The molecule has 1 aromatic carbocycles. The smallest absolute Gasteiger partial charge is 0.408 e. The molecule has 1 aromatic rings. The van der Waals surface area contributed by atoms with E-state index in [1.54, 1.807) is 39.8 Å². The van der Waals surface area contributed by atoms with Crippen molar-refractivity contribution in [2.24, 2.45) is 0 Å². The summed E-state index contributed by atoms with van der Waals surface area (Å²) in [5.74, 6) is -1.69. The lowest BCUT2D eigenvalue weighted by atomic mass is 9.99. The first-order chi connectivity index (χ1) is 15.8. The normalized spacial score (nSPS) is 12.5. The number of esters is 1. The van der Waals surface area contributed by atoms with Crippen molar-refractivity contribution in [1.29, 1.82) is 0 Å². The van der Waals surface area contributed by atoms with Crippen molar-refractivity contribution < 1.29 is 28.7 Å². The van der Waals surface area contributed by atoms with Crippen molar-refractivity contribution in [3.63, 3.8) is 0 Å². The maximum atomic E-state index is 13.2. The topological polar surface area (TPSA) is 114 Å². The summed E-state index contributed by atoms with van der Waals surface area (Å²) in [6.45, 7) is 12.3. The lowest BCUT2D eigenvalue weighted by Gasteiger charge is -2.29. The molecule has 0 aliphatic carbocycles. The van der Waals surface area contributed by atoms with Crippen LogP contribution in [0.15, 0.2) is 18.2 Å². The van der Waals surface area contributed by atoms with E-state index in [4.69, 9.17) is 15.9 Å². The molecular formula is C25H35N3O6. The van der Waals surface area contributed by atoms with Crippen LogP contribution in [0.25, 0.3) is 0 Å². The predicted octanol–water partition coefficient (Wildman–Crippen LogP) is 2.75.